The Morgan fingerprint density at radius 3 is 2.59 bits per heavy atom. The first-order valence-electron chi connectivity index (χ1n) is 6.99. The van der Waals surface area contributed by atoms with Crippen LogP contribution in [0.1, 0.15) is 23.2 Å². The molecule has 7 heteroatoms. The molecule has 1 fully saturated rings. The maximum Gasteiger partial charge on any atom is 0.335 e. The summed E-state index contributed by atoms with van der Waals surface area (Å²) in [6, 6.07) is 7.30. The zero-order valence-corrected chi connectivity index (χ0v) is 14.4. The predicted molar refractivity (Wildman–Crippen MR) is 94.3 cm³/mol. The van der Waals surface area contributed by atoms with Crippen molar-refractivity contribution in [2.45, 2.75) is 18.9 Å². The average molecular weight is 384 g/mol. The van der Waals surface area contributed by atoms with Crippen LogP contribution in [0.2, 0.25) is 0 Å². The van der Waals surface area contributed by atoms with Crippen molar-refractivity contribution in [1.82, 2.24) is 10.3 Å². The summed E-state index contributed by atoms with van der Waals surface area (Å²) in [5.74, 6) is -0.909. The van der Waals surface area contributed by atoms with Crippen molar-refractivity contribution < 1.29 is 9.90 Å². The molecular formula is C15H18BrN3O2S. The van der Waals surface area contributed by atoms with E-state index in [1.54, 1.807) is 35.6 Å². The van der Waals surface area contributed by atoms with Gasteiger partial charge in [-0.2, -0.15) is 0 Å². The maximum absolute atomic E-state index is 10.8. The summed E-state index contributed by atoms with van der Waals surface area (Å²) in [6.45, 7) is 2.10. The van der Waals surface area contributed by atoms with E-state index >= 15 is 0 Å². The number of aromatic nitrogens is 1. The molecule has 2 heterocycles. The minimum atomic E-state index is -0.909. The van der Waals surface area contributed by atoms with Crippen molar-refractivity contribution in [1.29, 1.82) is 0 Å². The van der Waals surface area contributed by atoms with Gasteiger partial charge in [-0.3, -0.25) is 0 Å². The SMILES string of the molecule is Br.O=C(O)c1ccc(-c2csc(NC3CCNCC3)n2)cc1. The average Bonchev–Trinajstić information content (AvgIpc) is 2.97. The van der Waals surface area contributed by atoms with Gasteiger partial charge in [0.1, 0.15) is 0 Å². The highest BCUT2D eigenvalue weighted by Crippen LogP contribution is 2.26. The van der Waals surface area contributed by atoms with Crippen LogP contribution in [0.5, 0.6) is 0 Å². The Balaban J connectivity index is 0.00000176. The van der Waals surface area contributed by atoms with Crippen LogP contribution in [0.4, 0.5) is 5.13 Å². The van der Waals surface area contributed by atoms with Gasteiger partial charge in [0.15, 0.2) is 5.13 Å². The van der Waals surface area contributed by atoms with Crippen molar-refractivity contribution in [3.63, 3.8) is 0 Å². The third kappa shape index (κ3) is 4.06. The largest absolute Gasteiger partial charge is 0.478 e. The standard InChI is InChI=1S/C15H17N3O2S.BrH/c19-14(20)11-3-1-10(2-4-11)13-9-21-15(18-13)17-12-5-7-16-8-6-12;/h1-4,9,12,16H,5-8H2,(H,17,18)(H,19,20);1H. The molecule has 0 bridgehead atoms. The summed E-state index contributed by atoms with van der Waals surface area (Å²) in [4.78, 5) is 15.4. The van der Waals surface area contributed by atoms with Gasteiger partial charge in [-0.05, 0) is 38.1 Å². The Bertz CT molecular complexity index is 624. The molecule has 5 nitrogen and oxygen atoms in total. The monoisotopic (exact) mass is 383 g/mol. The van der Waals surface area contributed by atoms with E-state index in [-0.39, 0.29) is 17.0 Å². The quantitative estimate of drug-likeness (QED) is 0.755. The highest BCUT2D eigenvalue weighted by Gasteiger charge is 2.14. The Morgan fingerprint density at radius 1 is 1.27 bits per heavy atom. The molecule has 0 radical (unpaired) electrons. The summed E-state index contributed by atoms with van der Waals surface area (Å²) in [5.41, 5.74) is 2.12. The number of nitrogens with one attached hydrogen (secondary N) is 2. The number of hydrogen-bond donors (Lipinski definition) is 3. The van der Waals surface area contributed by atoms with Crippen molar-refractivity contribution in [2.75, 3.05) is 18.4 Å². The molecule has 0 atom stereocenters. The number of nitrogens with zero attached hydrogens (tertiary/aromatic N) is 1. The lowest BCUT2D eigenvalue weighted by molar-refractivity contribution is 0.0697. The van der Waals surface area contributed by atoms with Gasteiger partial charge >= 0.3 is 5.97 Å². The fourth-order valence-electron chi connectivity index (χ4n) is 2.40. The fourth-order valence-corrected chi connectivity index (χ4v) is 3.19. The Labute approximate surface area is 143 Å². The van der Waals surface area contributed by atoms with Crippen molar-refractivity contribution in [2.24, 2.45) is 0 Å². The zero-order chi connectivity index (χ0) is 14.7. The van der Waals surface area contributed by atoms with Gasteiger partial charge in [0.2, 0.25) is 0 Å². The zero-order valence-electron chi connectivity index (χ0n) is 11.9. The van der Waals surface area contributed by atoms with Crippen LogP contribution < -0.4 is 10.6 Å². The van der Waals surface area contributed by atoms with Gasteiger partial charge in [0.25, 0.3) is 0 Å². The summed E-state index contributed by atoms with van der Waals surface area (Å²) >= 11 is 1.59. The van der Waals surface area contributed by atoms with Crippen molar-refractivity contribution >= 4 is 39.4 Å². The van der Waals surface area contributed by atoms with Crippen molar-refractivity contribution in [3.05, 3.63) is 35.2 Å². The van der Waals surface area contributed by atoms with Gasteiger partial charge in [-0.1, -0.05) is 12.1 Å². The van der Waals surface area contributed by atoms with Gasteiger partial charge < -0.3 is 15.7 Å². The Morgan fingerprint density at radius 2 is 1.95 bits per heavy atom. The molecule has 1 aromatic heterocycles. The molecule has 1 aliphatic heterocycles. The van der Waals surface area contributed by atoms with E-state index < -0.39 is 5.97 Å². The molecule has 3 N–H and O–H groups in total. The second-order valence-electron chi connectivity index (χ2n) is 5.09. The fraction of sp³-hybridized carbons (Fsp3) is 0.333. The molecule has 0 aliphatic carbocycles. The first-order chi connectivity index (χ1) is 10.2. The Kier molecular flexibility index (Phi) is 5.93. The number of thiazole rings is 1. The third-order valence-electron chi connectivity index (χ3n) is 3.60. The minimum Gasteiger partial charge on any atom is -0.478 e. The van der Waals surface area contributed by atoms with Crippen LogP contribution in [0.15, 0.2) is 29.6 Å². The molecule has 1 aromatic carbocycles. The third-order valence-corrected chi connectivity index (χ3v) is 4.37. The lowest BCUT2D eigenvalue weighted by Crippen LogP contribution is -2.35. The first-order valence-corrected chi connectivity index (χ1v) is 7.87. The number of benzene rings is 1. The molecule has 22 heavy (non-hydrogen) atoms. The van der Waals surface area contributed by atoms with E-state index in [0.29, 0.717) is 11.6 Å². The highest BCUT2D eigenvalue weighted by molar-refractivity contribution is 8.93. The molecule has 1 saturated heterocycles. The number of hydrogen-bond acceptors (Lipinski definition) is 5. The van der Waals surface area contributed by atoms with E-state index in [2.05, 4.69) is 15.6 Å². The number of carboxylic acids is 1. The second kappa shape index (κ2) is 7.71. The molecule has 0 spiro atoms. The van der Waals surface area contributed by atoms with Crippen LogP contribution in [0.3, 0.4) is 0 Å². The number of halogens is 1. The van der Waals surface area contributed by atoms with E-state index in [0.717, 1.165) is 42.3 Å². The first kappa shape index (κ1) is 16.9. The van der Waals surface area contributed by atoms with E-state index in [9.17, 15) is 4.79 Å². The molecule has 2 aromatic rings. The molecule has 0 amide bonds. The van der Waals surface area contributed by atoms with Crippen LogP contribution in [-0.4, -0.2) is 35.2 Å². The molecule has 0 unspecified atom stereocenters. The van der Waals surface area contributed by atoms with Gasteiger partial charge in [0.05, 0.1) is 11.3 Å². The van der Waals surface area contributed by atoms with E-state index in [4.69, 9.17) is 5.11 Å². The Hall–Kier alpha value is -1.44. The van der Waals surface area contributed by atoms with Gasteiger partial charge in [0, 0.05) is 17.0 Å². The lowest BCUT2D eigenvalue weighted by Gasteiger charge is -2.23. The van der Waals surface area contributed by atoms with E-state index in [1.807, 2.05) is 5.38 Å². The van der Waals surface area contributed by atoms with Gasteiger partial charge in [-0.15, -0.1) is 28.3 Å². The maximum atomic E-state index is 10.8. The second-order valence-corrected chi connectivity index (χ2v) is 5.95. The number of carbonyl (C=O) groups is 1. The van der Waals surface area contributed by atoms with Gasteiger partial charge in [-0.25, -0.2) is 9.78 Å². The summed E-state index contributed by atoms with van der Waals surface area (Å²) in [5, 5.41) is 18.6. The number of anilines is 1. The summed E-state index contributed by atoms with van der Waals surface area (Å²) < 4.78 is 0. The van der Waals surface area contributed by atoms with Crippen LogP contribution in [-0.2, 0) is 0 Å². The molecule has 0 saturated carbocycles. The molecule has 3 rings (SSSR count). The van der Waals surface area contributed by atoms with Crippen LogP contribution >= 0.6 is 28.3 Å². The normalized spacial score (nSPS) is 15.1. The minimum absolute atomic E-state index is 0. The number of piperidine rings is 1. The lowest BCUT2D eigenvalue weighted by atomic mass is 10.1. The smallest absolute Gasteiger partial charge is 0.335 e. The molecular weight excluding hydrogens is 366 g/mol. The summed E-state index contributed by atoms with van der Waals surface area (Å²) in [7, 11) is 0. The van der Waals surface area contributed by atoms with Crippen LogP contribution in [0, 0.1) is 0 Å². The topological polar surface area (TPSA) is 74.2 Å². The summed E-state index contributed by atoms with van der Waals surface area (Å²) in [6.07, 6.45) is 2.23. The van der Waals surface area contributed by atoms with Crippen LogP contribution in [0.25, 0.3) is 11.3 Å². The highest BCUT2D eigenvalue weighted by atomic mass is 79.9. The number of aromatic carboxylic acids is 1. The van der Waals surface area contributed by atoms with E-state index in [1.165, 1.54) is 0 Å². The number of rotatable bonds is 4. The molecule has 1 aliphatic rings. The predicted octanol–water partition coefficient (Wildman–Crippen LogP) is 3.25. The number of carboxylic acid groups (broad SMARTS) is 1. The molecule has 118 valence electrons. The van der Waals surface area contributed by atoms with Crippen molar-refractivity contribution in [3.8, 4) is 11.3 Å².